The van der Waals surface area contributed by atoms with Gasteiger partial charge in [-0.05, 0) is 38.0 Å². The van der Waals surface area contributed by atoms with Gasteiger partial charge in [-0.1, -0.05) is 26.0 Å². The second-order valence-electron chi connectivity index (χ2n) is 6.27. The third-order valence-corrected chi connectivity index (χ3v) is 3.19. The van der Waals surface area contributed by atoms with Gasteiger partial charge in [-0.3, -0.25) is 9.59 Å². The molecule has 5 nitrogen and oxygen atoms in total. The van der Waals surface area contributed by atoms with Crippen LogP contribution in [0.2, 0.25) is 0 Å². The summed E-state index contributed by atoms with van der Waals surface area (Å²) in [5, 5.41) is 5.83. The van der Waals surface area contributed by atoms with Gasteiger partial charge in [0.1, 0.15) is 5.75 Å². The first kappa shape index (κ1) is 19.2. The molecule has 128 valence electrons. The van der Waals surface area contributed by atoms with E-state index in [1.165, 1.54) is 6.92 Å². The number of hydrogen-bond acceptors (Lipinski definition) is 4. The van der Waals surface area contributed by atoms with Gasteiger partial charge in [0.25, 0.3) is 0 Å². The summed E-state index contributed by atoms with van der Waals surface area (Å²) in [7, 11) is 0. The Morgan fingerprint density at radius 1 is 1.09 bits per heavy atom. The smallest absolute Gasteiger partial charge is 0.217 e. The molecule has 0 heterocycles. The molecule has 0 fully saturated rings. The molecule has 1 aromatic rings. The second kappa shape index (κ2) is 9.30. The normalized spacial score (nSPS) is 12.3. The van der Waals surface area contributed by atoms with E-state index in [-0.39, 0.29) is 30.4 Å². The maximum atomic E-state index is 12.3. The first-order chi connectivity index (χ1) is 10.8. The molecule has 0 saturated carbocycles. The highest BCUT2D eigenvalue weighted by Crippen LogP contribution is 2.15. The number of carbonyl (C=O) groups is 2. The Kier molecular flexibility index (Phi) is 7.75. The van der Waals surface area contributed by atoms with E-state index in [4.69, 9.17) is 4.74 Å². The lowest BCUT2D eigenvalue weighted by Gasteiger charge is -2.18. The number of carbonyl (C=O) groups excluding carboxylic acids is 2. The van der Waals surface area contributed by atoms with Gasteiger partial charge in [0.15, 0.2) is 5.78 Å². The van der Waals surface area contributed by atoms with Crippen LogP contribution in [0.3, 0.4) is 0 Å². The van der Waals surface area contributed by atoms with Crippen molar-refractivity contribution >= 4 is 11.7 Å². The zero-order valence-corrected chi connectivity index (χ0v) is 14.7. The molecule has 0 aromatic heterocycles. The molecule has 1 unspecified atom stereocenters. The van der Waals surface area contributed by atoms with Crippen molar-refractivity contribution in [3.8, 4) is 5.75 Å². The molecule has 0 spiro atoms. The van der Waals surface area contributed by atoms with E-state index in [1.54, 1.807) is 0 Å². The first-order valence-corrected chi connectivity index (χ1v) is 8.06. The van der Waals surface area contributed by atoms with Crippen molar-refractivity contribution < 1.29 is 14.3 Å². The first-order valence-electron chi connectivity index (χ1n) is 8.06. The highest BCUT2D eigenvalue weighted by atomic mass is 16.5. The number of nitrogens with one attached hydrogen (secondary N) is 2. The van der Waals surface area contributed by atoms with Crippen molar-refractivity contribution in [1.29, 1.82) is 0 Å². The van der Waals surface area contributed by atoms with Crippen molar-refractivity contribution in [3.05, 3.63) is 29.8 Å². The van der Waals surface area contributed by atoms with Crippen molar-refractivity contribution in [2.24, 2.45) is 0 Å². The van der Waals surface area contributed by atoms with E-state index < -0.39 is 6.04 Å². The fourth-order valence-corrected chi connectivity index (χ4v) is 2.13. The average molecular weight is 320 g/mol. The molecule has 0 radical (unpaired) electrons. The summed E-state index contributed by atoms with van der Waals surface area (Å²) in [5.74, 6) is 0.580. The summed E-state index contributed by atoms with van der Waals surface area (Å²) < 4.78 is 5.60. The zero-order valence-electron chi connectivity index (χ0n) is 14.7. The van der Waals surface area contributed by atoms with Crippen LogP contribution in [-0.4, -0.2) is 36.4 Å². The molecule has 1 atom stereocenters. The van der Waals surface area contributed by atoms with Gasteiger partial charge in [0.05, 0.1) is 18.7 Å². The minimum absolute atomic E-state index is 0.0172. The highest BCUT2D eigenvalue weighted by Gasteiger charge is 2.19. The van der Waals surface area contributed by atoms with E-state index in [0.29, 0.717) is 6.42 Å². The Bertz CT molecular complexity index is 510. The minimum atomic E-state index is -0.518. The lowest BCUT2D eigenvalue weighted by molar-refractivity contribution is -0.126. The van der Waals surface area contributed by atoms with Crippen molar-refractivity contribution in [1.82, 2.24) is 10.6 Å². The molecule has 0 saturated heterocycles. The third-order valence-electron chi connectivity index (χ3n) is 3.19. The Labute approximate surface area is 138 Å². The summed E-state index contributed by atoms with van der Waals surface area (Å²) in [6, 6.07) is 7.33. The monoisotopic (exact) mass is 320 g/mol. The van der Waals surface area contributed by atoms with Gasteiger partial charge in [0, 0.05) is 13.0 Å². The van der Waals surface area contributed by atoms with Crippen LogP contribution in [0.1, 0.15) is 40.2 Å². The van der Waals surface area contributed by atoms with Crippen LogP contribution >= 0.6 is 0 Å². The molecule has 0 bridgehead atoms. The summed E-state index contributed by atoms with van der Waals surface area (Å²) in [4.78, 5) is 23.7. The standard InChI is InChI=1S/C18H28N2O3/c1-12(2)19-11-18(22)17(20-14(5)21)10-15-6-8-16(9-7-15)23-13(3)4/h6-9,12-13,17,19H,10-11H2,1-5H3,(H,20,21). The van der Waals surface area contributed by atoms with Crippen LogP contribution in [0.25, 0.3) is 0 Å². The molecule has 5 heteroatoms. The third kappa shape index (κ3) is 7.79. The molecule has 23 heavy (non-hydrogen) atoms. The molecule has 1 rings (SSSR count). The molecule has 0 aliphatic carbocycles. The number of ether oxygens (including phenoxy) is 1. The van der Waals surface area contributed by atoms with E-state index in [0.717, 1.165) is 11.3 Å². The Hall–Kier alpha value is -1.88. The molecular formula is C18H28N2O3. The van der Waals surface area contributed by atoms with E-state index in [2.05, 4.69) is 10.6 Å². The number of rotatable bonds is 9. The number of benzene rings is 1. The maximum absolute atomic E-state index is 12.3. The summed E-state index contributed by atoms with van der Waals surface area (Å²) >= 11 is 0. The largest absolute Gasteiger partial charge is 0.491 e. The van der Waals surface area contributed by atoms with Crippen LogP contribution in [0, 0.1) is 0 Å². The SMILES string of the molecule is CC(=O)NC(Cc1ccc(OC(C)C)cc1)C(=O)CNC(C)C. The van der Waals surface area contributed by atoms with Crippen LogP contribution in [0.15, 0.2) is 24.3 Å². The zero-order chi connectivity index (χ0) is 17.4. The molecule has 0 aliphatic rings. The van der Waals surface area contributed by atoms with Gasteiger partial charge in [-0.25, -0.2) is 0 Å². The Morgan fingerprint density at radius 3 is 2.17 bits per heavy atom. The second-order valence-corrected chi connectivity index (χ2v) is 6.27. The highest BCUT2D eigenvalue weighted by molar-refractivity contribution is 5.90. The van der Waals surface area contributed by atoms with E-state index in [1.807, 2.05) is 52.0 Å². The summed E-state index contributed by atoms with van der Waals surface area (Å²) in [6.07, 6.45) is 0.594. The van der Waals surface area contributed by atoms with Gasteiger partial charge in [0.2, 0.25) is 5.91 Å². The molecule has 1 aromatic carbocycles. The maximum Gasteiger partial charge on any atom is 0.217 e. The molecule has 0 aliphatic heterocycles. The summed E-state index contributed by atoms with van der Waals surface area (Å²) in [5.41, 5.74) is 0.984. The van der Waals surface area contributed by atoms with Crippen LogP contribution in [0.5, 0.6) is 5.75 Å². The quantitative estimate of drug-likeness (QED) is 0.731. The van der Waals surface area contributed by atoms with Crippen molar-refractivity contribution in [2.45, 2.75) is 59.2 Å². The van der Waals surface area contributed by atoms with E-state index in [9.17, 15) is 9.59 Å². The predicted molar refractivity (Wildman–Crippen MR) is 91.7 cm³/mol. The Balaban J connectivity index is 2.72. The van der Waals surface area contributed by atoms with Crippen LogP contribution < -0.4 is 15.4 Å². The minimum Gasteiger partial charge on any atom is -0.491 e. The lowest BCUT2D eigenvalue weighted by Crippen LogP contribution is -2.46. The van der Waals surface area contributed by atoms with Crippen molar-refractivity contribution in [3.63, 3.8) is 0 Å². The van der Waals surface area contributed by atoms with Crippen LogP contribution in [-0.2, 0) is 16.0 Å². The van der Waals surface area contributed by atoms with Gasteiger partial charge in [-0.2, -0.15) is 0 Å². The van der Waals surface area contributed by atoms with Gasteiger partial charge in [-0.15, -0.1) is 0 Å². The van der Waals surface area contributed by atoms with Gasteiger partial charge < -0.3 is 15.4 Å². The fourth-order valence-electron chi connectivity index (χ4n) is 2.13. The topological polar surface area (TPSA) is 67.4 Å². The number of amides is 1. The molecule has 2 N–H and O–H groups in total. The fraction of sp³-hybridized carbons (Fsp3) is 0.556. The van der Waals surface area contributed by atoms with Crippen LogP contribution in [0.4, 0.5) is 0 Å². The average Bonchev–Trinajstić information content (AvgIpc) is 2.45. The number of ketones is 1. The Morgan fingerprint density at radius 2 is 1.70 bits per heavy atom. The van der Waals surface area contributed by atoms with Crippen molar-refractivity contribution in [2.75, 3.05) is 6.54 Å². The molecular weight excluding hydrogens is 292 g/mol. The number of Topliss-reactive ketones (excluding diaryl/α,β-unsaturated/α-hetero) is 1. The summed E-state index contributed by atoms with van der Waals surface area (Å²) in [6.45, 7) is 9.58. The lowest BCUT2D eigenvalue weighted by atomic mass is 10.0. The van der Waals surface area contributed by atoms with Gasteiger partial charge >= 0.3 is 0 Å². The number of hydrogen-bond donors (Lipinski definition) is 2. The molecule has 1 amide bonds. The van der Waals surface area contributed by atoms with E-state index >= 15 is 0 Å². The predicted octanol–water partition coefficient (Wildman–Crippen LogP) is 2.09.